The number of rotatable bonds is 14. The fourth-order valence-electron chi connectivity index (χ4n) is 4.69. The third kappa shape index (κ3) is 8.15. The van der Waals surface area contributed by atoms with Gasteiger partial charge in [0, 0.05) is 19.4 Å². The molecule has 38 heavy (non-hydrogen) atoms. The smallest absolute Gasteiger partial charge is 0.305 e. The molecule has 7 heteroatoms. The Labute approximate surface area is 225 Å². The summed E-state index contributed by atoms with van der Waals surface area (Å²) in [6, 6.07) is 16.3. The summed E-state index contributed by atoms with van der Waals surface area (Å²) in [6.45, 7) is 7.68. The van der Waals surface area contributed by atoms with Crippen LogP contribution in [0.25, 0.3) is 0 Å². The van der Waals surface area contributed by atoms with E-state index in [1.54, 1.807) is 17.1 Å². The highest BCUT2D eigenvalue weighted by Crippen LogP contribution is 2.26. The fraction of sp³-hybridized carbons (Fsp3) is 0.387. The summed E-state index contributed by atoms with van der Waals surface area (Å²) in [4.78, 5) is 40.7. The number of esters is 1. The first-order valence-electron chi connectivity index (χ1n) is 13.2. The number of nitrogens with zero attached hydrogens (tertiary/aromatic N) is 1. The van der Waals surface area contributed by atoms with E-state index in [4.69, 9.17) is 4.74 Å². The summed E-state index contributed by atoms with van der Waals surface area (Å²) < 4.78 is 5.47. The summed E-state index contributed by atoms with van der Waals surface area (Å²) in [6.07, 6.45) is 5.92. The van der Waals surface area contributed by atoms with Crippen LogP contribution >= 0.6 is 0 Å². The van der Waals surface area contributed by atoms with Crippen LogP contribution in [0.15, 0.2) is 79.9 Å². The number of hydrogen-bond donors (Lipinski definition) is 2. The monoisotopic (exact) mass is 518 g/mol. The molecule has 7 nitrogen and oxygen atoms in total. The number of ether oxygens (including phenoxy) is 1. The van der Waals surface area contributed by atoms with Crippen LogP contribution in [0.4, 0.5) is 0 Å². The number of unbranched alkanes of at least 4 members (excludes halogenated alkanes) is 1. The van der Waals surface area contributed by atoms with E-state index in [9.17, 15) is 19.5 Å². The van der Waals surface area contributed by atoms with Gasteiger partial charge in [0.25, 0.3) is 0 Å². The minimum atomic E-state index is -0.647. The maximum absolute atomic E-state index is 13.4. The molecule has 2 amide bonds. The predicted octanol–water partition coefficient (Wildman–Crippen LogP) is 4.27. The van der Waals surface area contributed by atoms with E-state index in [0.717, 1.165) is 23.1 Å². The highest BCUT2D eigenvalue weighted by Gasteiger charge is 2.32. The maximum atomic E-state index is 13.4. The molecule has 0 saturated heterocycles. The second kappa shape index (κ2) is 14.9. The molecule has 0 fully saturated rings. The van der Waals surface area contributed by atoms with Crippen molar-refractivity contribution in [1.82, 2.24) is 10.2 Å². The van der Waals surface area contributed by atoms with Crippen LogP contribution in [0.5, 0.6) is 0 Å². The molecule has 2 N–H and O–H groups in total. The maximum Gasteiger partial charge on any atom is 0.305 e. The number of nitrogens with one attached hydrogen (secondary N) is 1. The molecule has 0 aliphatic carbocycles. The van der Waals surface area contributed by atoms with Crippen LogP contribution in [-0.2, 0) is 32.1 Å². The Balaban J connectivity index is 1.69. The summed E-state index contributed by atoms with van der Waals surface area (Å²) in [5, 5.41) is 13.0. The van der Waals surface area contributed by atoms with Gasteiger partial charge in [-0.15, -0.1) is 13.2 Å². The van der Waals surface area contributed by atoms with Crippen molar-refractivity contribution in [2.75, 3.05) is 13.2 Å². The normalized spacial score (nSPS) is 16.0. The zero-order chi connectivity index (χ0) is 27.3. The van der Waals surface area contributed by atoms with Crippen LogP contribution < -0.4 is 5.32 Å². The van der Waals surface area contributed by atoms with E-state index in [2.05, 4.69) is 18.5 Å². The predicted molar refractivity (Wildman–Crippen MR) is 147 cm³/mol. The molecule has 3 rings (SSSR count). The quantitative estimate of drug-likeness (QED) is 0.221. The molecule has 0 radical (unpaired) electrons. The average Bonchev–Trinajstić information content (AvgIpc) is 2.94. The number of fused-ring (bicyclic) bond motifs is 1. The van der Waals surface area contributed by atoms with E-state index in [1.165, 1.54) is 0 Å². The Morgan fingerprint density at radius 2 is 1.76 bits per heavy atom. The van der Waals surface area contributed by atoms with E-state index in [1.807, 2.05) is 54.6 Å². The van der Waals surface area contributed by atoms with Gasteiger partial charge in [-0.3, -0.25) is 14.4 Å². The van der Waals surface area contributed by atoms with E-state index >= 15 is 0 Å². The Kier molecular flexibility index (Phi) is 11.3. The molecule has 1 aliphatic heterocycles. The van der Waals surface area contributed by atoms with Gasteiger partial charge in [-0.1, -0.05) is 66.7 Å². The molecular formula is C31H38N2O5. The summed E-state index contributed by atoms with van der Waals surface area (Å²) >= 11 is 0. The fourth-order valence-corrected chi connectivity index (χ4v) is 4.69. The first-order valence-corrected chi connectivity index (χ1v) is 13.2. The van der Waals surface area contributed by atoms with Crippen LogP contribution in [0.3, 0.4) is 0 Å². The lowest BCUT2D eigenvalue weighted by Crippen LogP contribution is -2.47. The third-order valence-corrected chi connectivity index (χ3v) is 6.85. The van der Waals surface area contributed by atoms with Crippen LogP contribution in [0, 0.1) is 5.92 Å². The molecule has 0 saturated carbocycles. The van der Waals surface area contributed by atoms with Gasteiger partial charge >= 0.3 is 5.97 Å². The largest absolute Gasteiger partial charge is 0.463 e. The molecule has 1 aliphatic rings. The second-order valence-corrected chi connectivity index (χ2v) is 9.59. The van der Waals surface area contributed by atoms with Crippen molar-refractivity contribution in [3.63, 3.8) is 0 Å². The van der Waals surface area contributed by atoms with Gasteiger partial charge in [-0.05, 0) is 42.4 Å². The second-order valence-electron chi connectivity index (χ2n) is 9.59. The van der Waals surface area contributed by atoms with Gasteiger partial charge in [-0.25, -0.2) is 0 Å². The number of carbonyl (C=O) groups excluding carboxylic acids is 3. The van der Waals surface area contributed by atoms with E-state index < -0.39 is 12.0 Å². The third-order valence-electron chi connectivity index (χ3n) is 6.85. The lowest BCUT2D eigenvalue weighted by molar-refractivity contribution is -0.145. The lowest BCUT2D eigenvalue weighted by atomic mass is 9.92. The molecule has 1 heterocycles. The van der Waals surface area contributed by atoms with Crippen molar-refractivity contribution < 1.29 is 24.2 Å². The molecule has 2 aromatic carbocycles. The number of benzene rings is 2. The van der Waals surface area contributed by atoms with Crippen LogP contribution in [-0.4, -0.2) is 47.0 Å². The SMILES string of the molecule is C=CCCCC(=O)OCC(NC(=O)C(CC=C)CC(=O)N1Cc2ccccc2CC1CO)c1ccccc1. The lowest BCUT2D eigenvalue weighted by Gasteiger charge is -2.36. The van der Waals surface area contributed by atoms with Crippen molar-refractivity contribution in [3.8, 4) is 0 Å². The molecule has 3 atom stereocenters. The molecule has 0 aromatic heterocycles. The zero-order valence-electron chi connectivity index (χ0n) is 21.9. The summed E-state index contributed by atoms with van der Waals surface area (Å²) in [7, 11) is 0. The molecule has 0 bridgehead atoms. The van der Waals surface area contributed by atoms with Crippen LogP contribution in [0.2, 0.25) is 0 Å². The van der Waals surface area contributed by atoms with E-state index in [0.29, 0.717) is 25.8 Å². The van der Waals surface area contributed by atoms with Gasteiger partial charge in [0.05, 0.1) is 24.6 Å². The Morgan fingerprint density at radius 1 is 1.05 bits per heavy atom. The Hall–Kier alpha value is -3.71. The average molecular weight is 519 g/mol. The standard InChI is InChI=1S/C31H38N2O5/c1-3-5-7-17-30(36)38-22-28(23-13-8-6-9-14-23)32-31(37)25(12-4-2)19-29(35)33-20-26-16-11-10-15-24(26)18-27(33)21-34/h3-4,6,8-11,13-16,25,27-28,34H,1-2,5,7,12,17-22H2,(H,32,37). The Bertz CT molecular complexity index is 1100. The summed E-state index contributed by atoms with van der Waals surface area (Å²) in [5.41, 5.74) is 2.98. The molecule has 202 valence electrons. The Morgan fingerprint density at radius 3 is 2.45 bits per heavy atom. The van der Waals surface area contributed by atoms with Gasteiger partial charge in [0.15, 0.2) is 0 Å². The highest BCUT2D eigenvalue weighted by molar-refractivity contribution is 5.86. The van der Waals surface area contributed by atoms with Crippen molar-refractivity contribution >= 4 is 17.8 Å². The van der Waals surface area contributed by atoms with Gasteiger partial charge in [0.1, 0.15) is 6.61 Å². The highest BCUT2D eigenvalue weighted by atomic mass is 16.5. The number of carbonyl (C=O) groups is 3. The minimum Gasteiger partial charge on any atom is -0.463 e. The molecule has 2 aromatic rings. The molecule has 0 spiro atoms. The number of aliphatic hydroxyl groups excluding tert-OH is 1. The first kappa shape index (κ1) is 28.9. The van der Waals surface area contributed by atoms with Crippen molar-refractivity contribution in [2.45, 2.75) is 57.2 Å². The molecular weight excluding hydrogens is 480 g/mol. The number of aliphatic hydroxyl groups is 1. The first-order chi connectivity index (χ1) is 18.5. The number of hydrogen-bond acceptors (Lipinski definition) is 5. The van der Waals surface area contributed by atoms with Crippen molar-refractivity contribution in [3.05, 3.63) is 96.6 Å². The summed E-state index contributed by atoms with van der Waals surface area (Å²) in [5.74, 6) is -1.48. The van der Waals surface area contributed by atoms with Crippen molar-refractivity contribution in [2.24, 2.45) is 5.92 Å². The van der Waals surface area contributed by atoms with Gasteiger partial charge < -0.3 is 20.1 Å². The van der Waals surface area contributed by atoms with Gasteiger partial charge in [0.2, 0.25) is 11.8 Å². The zero-order valence-corrected chi connectivity index (χ0v) is 21.9. The van der Waals surface area contributed by atoms with Gasteiger partial charge in [-0.2, -0.15) is 0 Å². The number of allylic oxidation sites excluding steroid dienone is 2. The van der Waals surface area contributed by atoms with E-state index in [-0.39, 0.29) is 49.9 Å². The molecule has 3 unspecified atom stereocenters. The minimum absolute atomic E-state index is 0.00702. The topological polar surface area (TPSA) is 95.9 Å². The van der Waals surface area contributed by atoms with Crippen LogP contribution in [0.1, 0.15) is 54.8 Å². The van der Waals surface area contributed by atoms with Crippen molar-refractivity contribution in [1.29, 1.82) is 0 Å². The number of amides is 2.